The second kappa shape index (κ2) is 9.52. The van der Waals surface area contributed by atoms with E-state index in [1.807, 2.05) is 13.8 Å². The Bertz CT molecular complexity index is 877. The number of benzene rings is 2. The summed E-state index contributed by atoms with van der Waals surface area (Å²) in [5, 5.41) is 3.23. The van der Waals surface area contributed by atoms with Crippen LogP contribution in [0.3, 0.4) is 0 Å². The van der Waals surface area contributed by atoms with Gasteiger partial charge in [-0.05, 0) is 49.1 Å². The van der Waals surface area contributed by atoms with Crippen LogP contribution in [0.1, 0.15) is 49.1 Å². The minimum atomic E-state index is -0.0496. The maximum atomic E-state index is 12.5. The average molecular weight is 411 g/mol. The average Bonchev–Trinajstić information content (AvgIpc) is 2.73. The number of amides is 1. The van der Waals surface area contributed by atoms with Crippen molar-refractivity contribution in [2.24, 2.45) is 5.92 Å². The molecule has 5 nitrogen and oxygen atoms in total. The Kier molecular flexibility index (Phi) is 7.03. The van der Waals surface area contributed by atoms with Crippen LogP contribution in [-0.2, 0) is 17.8 Å². The molecular weight excluding hydrogens is 376 g/mol. The van der Waals surface area contributed by atoms with E-state index in [1.165, 1.54) is 22.3 Å². The first kappa shape index (κ1) is 22.2. The molecular formula is C25H34N2O3. The normalized spacial score (nSPS) is 17.4. The predicted octanol–water partition coefficient (Wildman–Crippen LogP) is 4.27. The summed E-state index contributed by atoms with van der Waals surface area (Å²) < 4.78 is 11.1. The van der Waals surface area contributed by atoms with Crippen LogP contribution in [0.4, 0.5) is 0 Å². The van der Waals surface area contributed by atoms with Crippen molar-refractivity contribution in [3.63, 3.8) is 0 Å². The number of methoxy groups -OCH3 is 2. The lowest BCUT2D eigenvalue weighted by molar-refractivity contribution is -0.125. The first-order valence-electron chi connectivity index (χ1n) is 10.7. The summed E-state index contributed by atoms with van der Waals surface area (Å²) in [6, 6.07) is 12.9. The third kappa shape index (κ3) is 4.78. The van der Waals surface area contributed by atoms with E-state index >= 15 is 0 Å². The van der Waals surface area contributed by atoms with Crippen LogP contribution >= 0.6 is 0 Å². The second-order valence-corrected chi connectivity index (χ2v) is 8.51. The molecule has 2 atom stereocenters. The SMILES string of the molecule is COc1cc2c(cc1OC)[C@@H]([C@@H](C)NC(=O)C(C)C)N(Cc1ccc(C)cc1)CC2. The van der Waals surface area contributed by atoms with Gasteiger partial charge in [-0.2, -0.15) is 0 Å². The van der Waals surface area contributed by atoms with E-state index in [0.29, 0.717) is 0 Å². The Morgan fingerprint density at radius 2 is 1.73 bits per heavy atom. The molecule has 0 unspecified atom stereocenters. The molecule has 0 radical (unpaired) electrons. The molecule has 0 saturated heterocycles. The molecule has 1 aliphatic rings. The van der Waals surface area contributed by atoms with Crippen molar-refractivity contribution in [2.75, 3.05) is 20.8 Å². The van der Waals surface area contributed by atoms with Gasteiger partial charge < -0.3 is 14.8 Å². The molecule has 2 aromatic rings. The number of nitrogens with zero attached hydrogens (tertiary/aromatic N) is 1. The molecule has 0 fully saturated rings. The zero-order chi connectivity index (χ0) is 21.8. The lowest BCUT2D eigenvalue weighted by Crippen LogP contribution is -2.48. The van der Waals surface area contributed by atoms with Gasteiger partial charge in [0, 0.05) is 25.0 Å². The summed E-state index contributed by atoms with van der Waals surface area (Å²) >= 11 is 0. The van der Waals surface area contributed by atoms with E-state index in [2.05, 4.69) is 60.5 Å². The molecule has 0 bridgehead atoms. The van der Waals surface area contributed by atoms with Crippen LogP contribution in [0.5, 0.6) is 11.5 Å². The molecule has 0 aromatic heterocycles. The quantitative estimate of drug-likeness (QED) is 0.741. The zero-order valence-electron chi connectivity index (χ0n) is 19.0. The minimum Gasteiger partial charge on any atom is -0.493 e. The molecule has 1 amide bonds. The van der Waals surface area contributed by atoms with E-state index in [-0.39, 0.29) is 23.9 Å². The van der Waals surface area contributed by atoms with E-state index in [1.54, 1.807) is 14.2 Å². The van der Waals surface area contributed by atoms with E-state index in [4.69, 9.17) is 9.47 Å². The zero-order valence-corrected chi connectivity index (χ0v) is 19.0. The third-order valence-corrected chi connectivity index (χ3v) is 5.90. The molecule has 162 valence electrons. The van der Waals surface area contributed by atoms with Crippen molar-refractivity contribution in [1.29, 1.82) is 0 Å². The van der Waals surface area contributed by atoms with Crippen LogP contribution in [0.2, 0.25) is 0 Å². The fourth-order valence-corrected chi connectivity index (χ4v) is 4.19. The number of aryl methyl sites for hydroxylation is 1. The van der Waals surface area contributed by atoms with E-state index < -0.39 is 0 Å². The minimum absolute atomic E-state index is 0.0394. The standard InChI is InChI=1S/C25H34N2O3/c1-16(2)25(28)26-18(4)24-21-14-23(30-6)22(29-5)13-20(21)11-12-27(24)15-19-9-7-17(3)8-10-19/h7-10,13-14,16,18,24H,11-12,15H2,1-6H3,(H,26,28)/t18-,24-/m1/s1. The summed E-state index contributed by atoms with van der Waals surface area (Å²) in [5.41, 5.74) is 4.98. The number of ether oxygens (including phenoxy) is 2. The van der Waals surface area contributed by atoms with Crippen molar-refractivity contribution >= 4 is 5.91 Å². The molecule has 1 N–H and O–H groups in total. The third-order valence-electron chi connectivity index (χ3n) is 5.90. The van der Waals surface area contributed by atoms with Crippen molar-refractivity contribution in [2.45, 2.75) is 52.7 Å². The summed E-state index contributed by atoms with van der Waals surface area (Å²) in [4.78, 5) is 14.9. The van der Waals surface area contributed by atoms with Crippen molar-refractivity contribution in [1.82, 2.24) is 10.2 Å². The number of rotatable bonds is 7. The largest absolute Gasteiger partial charge is 0.493 e. The number of carbonyl (C=O) groups is 1. The fourth-order valence-electron chi connectivity index (χ4n) is 4.19. The molecule has 3 rings (SSSR count). The molecule has 0 saturated carbocycles. The maximum Gasteiger partial charge on any atom is 0.222 e. The Hall–Kier alpha value is -2.53. The lowest BCUT2D eigenvalue weighted by Gasteiger charge is -2.41. The molecule has 30 heavy (non-hydrogen) atoms. The number of carbonyl (C=O) groups excluding carboxylic acids is 1. The monoisotopic (exact) mass is 410 g/mol. The molecule has 1 aliphatic heterocycles. The summed E-state index contributed by atoms with van der Waals surface area (Å²) in [5.74, 6) is 1.50. The Labute approximate surface area is 180 Å². The lowest BCUT2D eigenvalue weighted by atomic mass is 9.87. The Balaban J connectivity index is 1.98. The number of fused-ring (bicyclic) bond motifs is 1. The first-order chi connectivity index (χ1) is 14.3. The van der Waals surface area contributed by atoms with Gasteiger partial charge in [0.05, 0.1) is 20.3 Å². The number of hydrogen-bond acceptors (Lipinski definition) is 4. The van der Waals surface area contributed by atoms with Crippen LogP contribution < -0.4 is 14.8 Å². The van der Waals surface area contributed by atoms with Gasteiger partial charge in [-0.15, -0.1) is 0 Å². The van der Waals surface area contributed by atoms with Gasteiger partial charge in [-0.25, -0.2) is 0 Å². The highest BCUT2D eigenvalue weighted by molar-refractivity contribution is 5.78. The van der Waals surface area contributed by atoms with Gasteiger partial charge in [0.2, 0.25) is 5.91 Å². The highest BCUT2D eigenvalue weighted by atomic mass is 16.5. The highest BCUT2D eigenvalue weighted by Crippen LogP contribution is 2.40. The highest BCUT2D eigenvalue weighted by Gasteiger charge is 2.34. The Morgan fingerprint density at radius 1 is 1.10 bits per heavy atom. The van der Waals surface area contributed by atoms with Crippen molar-refractivity contribution in [3.8, 4) is 11.5 Å². The van der Waals surface area contributed by atoms with E-state index in [9.17, 15) is 4.79 Å². The van der Waals surface area contributed by atoms with Gasteiger partial charge in [-0.1, -0.05) is 43.7 Å². The second-order valence-electron chi connectivity index (χ2n) is 8.51. The maximum absolute atomic E-state index is 12.5. The van der Waals surface area contributed by atoms with Gasteiger partial charge in [0.25, 0.3) is 0 Å². The number of hydrogen-bond donors (Lipinski definition) is 1. The van der Waals surface area contributed by atoms with Gasteiger partial charge in [0.15, 0.2) is 11.5 Å². The topological polar surface area (TPSA) is 50.8 Å². The molecule has 0 aliphatic carbocycles. The van der Waals surface area contributed by atoms with Crippen LogP contribution in [0.15, 0.2) is 36.4 Å². The smallest absolute Gasteiger partial charge is 0.222 e. The van der Waals surface area contributed by atoms with Gasteiger partial charge >= 0.3 is 0 Å². The Morgan fingerprint density at radius 3 is 2.33 bits per heavy atom. The number of nitrogens with one attached hydrogen (secondary N) is 1. The molecule has 1 heterocycles. The molecule has 0 spiro atoms. The van der Waals surface area contributed by atoms with Crippen molar-refractivity contribution < 1.29 is 14.3 Å². The van der Waals surface area contributed by atoms with Crippen LogP contribution in [0.25, 0.3) is 0 Å². The summed E-state index contributed by atoms with van der Waals surface area (Å²) in [7, 11) is 3.33. The fraction of sp³-hybridized carbons (Fsp3) is 0.480. The summed E-state index contributed by atoms with van der Waals surface area (Å²) in [6.07, 6.45) is 0.933. The first-order valence-corrected chi connectivity index (χ1v) is 10.7. The van der Waals surface area contributed by atoms with Crippen LogP contribution in [0, 0.1) is 12.8 Å². The van der Waals surface area contributed by atoms with E-state index in [0.717, 1.165) is 31.0 Å². The molecule has 2 aromatic carbocycles. The predicted molar refractivity (Wildman–Crippen MR) is 120 cm³/mol. The molecule has 5 heteroatoms. The van der Waals surface area contributed by atoms with Crippen molar-refractivity contribution in [3.05, 3.63) is 58.7 Å². The van der Waals surface area contributed by atoms with Gasteiger partial charge in [-0.3, -0.25) is 9.69 Å². The van der Waals surface area contributed by atoms with Gasteiger partial charge in [0.1, 0.15) is 0 Å². The summed E-state index contributed by atoms with van der Waals surface area (Å²) in [6.45, 7) is 9.80. The van der Waals surface area contributed by atoms with Crippen LogP contribution in [-0.4, -0.2) is 37.6 Å².